The van der Waals surface area contributed by atoms with Crippen LogP contribution >= 0.6 is 27.7 Å². The maximum absolute atomic E-state index is 12.3. The van der Waals surface area contributed by atoms with Crippen LogP contribution in [0.5, 0.6) is 0 Å². The van der Waals surface area contributed by atoms with Crippen LogP contribution in [0.15, 0.2) is 58.0 Å². The van der Waals surface area contributed by atoms with Crippen LogP contribution in [-0.4, -0.2) is 21.6 Å². The molecule has 25 heavy (non-hydrogen) atoms. The number of para-hydroxylation sites is 1. The zero-order chi connectivity index (χ0) is 17.8. The molecule has 0 saturated heterocycles. The van der Waals surface area contributed by atoms with Crippen LogP contribution in [0, 0.1) is 6.92 Å². The molecule has 0 unspecified atom stereocenters. The summed E-state index contributed by atoms with van der Waals surface area (Å²) in [7, 11) is 0. The minimum Gasteiger partial charge on any atom is -0.349 e. The second-order valence-electron chi connectivity index (χ2n) is 5.69. The van der Waals surface area contributed by atoms with Crippen molar-refractivity contribution in [2.75, 3.05) is 5.75 Å². The molecule has 1 heterocycles. The normalized spacial score (nSPS) is 12.1. The van der Waals surface area contributed by atoms with Crippen molar-refractivity contribution in [3.05, 3.63) is 64.4 Å². The summed E-state index contributed by atoms with van der Waals surface area (Å²) in [5.74, 6) is 1.01. The van der Waals surface area contributed by atoms with E-state index in [1.54, 1.807) is 0 Å². The minimum atomic E-state index is -0.0624. The molecule has 0 bridgehead atoms. The summed E-state index contributed by atoms with van der Waals surface area (Å²) in [5, 5.41) is 4.85. The zero-order valence-electron chi connectivity index (χ0n) is 14.0. The molecule has 0 aliphatic carbocycles. The molecule has 0 radical (unpaired) electrons. The van der Waals surface area contributed by atoms with Crippen LogP contribution in [0.25, 0.3) is 10.9 Å². The molecule has 1 aromatic heterocycles. The summed E-state index contributed by atoms with van der Waals surface area (Å²) in [6.45, 7) is 3.85. The van der Waals surface area contributed by atoms with Crippen LogP contribution in [0.3, 0.4) is 0 Å². The van der Waals surface area contributed by atoms with Gasteiger partial charge < -0.3 is 5.32 Å². The number of carbonyl (C=O) groups is 1. The van der Waals surface area contributed by atoms with Gasteiger partial charge >= 0.3 is 0 Å². The van der Waals surface area contributed by atoms with E-state index in [2.05, 4.69) is 31.2 Å². The molecule has 2 aromatic carbocycles. The molecule has 1 N–H and O–H groups in total. The first-order valence-electron chi connectivity index (χ1n) is 7.94. The highest BCUT2D eigenvalue weighted by molar-refractivity contribution is 9.10. The standard InChI is InChI=1S/C19H18BrN3OS/c1-12(14-7-3-5-9-16(14)20)21-18(24)11-25-19-15-8-4-6-10-17(15)22-13(2)23-19/h3-10,12H,11H2,1-2H3,(H,21,24)/t12-/m0/s1. The summed E-state index contributed by atoms with van der Waals surface area (Å²) in [6, 6.07) is 15.7. The van der Waals surface area contributed by atoms with E-state index in [9.17, 15) is 4.79 Å². The fourth-order valence-corrected chi connectivity index (χ4v) is 4.09. The topological polar surface area (TPSA) is 54.9 Å². The Morgan fingerprint density at radius 1 is 1.16 bits per heavy atom. The fourth-order valence-electron chi connectivity index (χ4n) is 2.59. The summed E-state index contributed by atoms with van der Waals surface area (Å²) < 4.78 is 0.993. The van der Waals surface area contributed by atoms with E-state index in [1.165, 1.54) is 11.8 Å². The third kappa shape index (κ3) is 4.38. The lowest BCUT2D eigenvalue weighted by molar-refractivity contribution is -0.119. The molecule has 0 fully saturated rings. The molecule has 3 rings (SSSR count). The lowest BCUT2D eigenvalue weighted by Crippen LogP contribution is -2.28. The summed E-state index contributed by atoms with van der Waals surface area (Å²) >= 11 is 4.96. The minimum absolute atomic E-state index is 0.0198. The van der Waals surface area contributed by atoms with Crippen molar-refractivity contribution in [3.63, 3.8) is 0 Å². The number of fused-ring (bicyclic) bond motifs is 1. The van der Waals surface area contributed by atoms with Crippen LogP contribution in [-0.2, 0) is 4.79 Å². The highest BCUT2D eigenvalue weighted by atomic mass is 79.9. The number of hydrogen-bond donors (Lipinski definition) is 1. The van der Waals surface area contributed by atoms with Crippen molar-refractivity contribution in [2.24, 2.45) is 0 Å². The summed E-state index contributed by atoms with van der Waals surface area (Å²) in [5.41, 5.74) is 1.96. The number of benzene rings is 2. The number of halogens is 1. The molecule has 0 saturated carbocycles. The number of carbonyl (C=O) groups excluding carboxylic acids is 1. The number of nitrogens with zero attached hydrogens (tertiary/aromatic N) is 2. The predicted molar refractivity (Wildman–Crippen MR) is 106 cm³/mol. The fraction of sp³-hybridized carbons (Fsp3) is 0.211. The van der Waals surface area contributed by atoms with Gasteiger partial charge in [-0.15, -0.1) is 0 Å². The van der Waals surface area contributed by atoms with Gasteiger partial charge in [-0.1, -0.05) is 64.1 Å². The van der Waals surface area contributed by atoms with Crippen molar-refractivity contribution >= 4 is 44.5 Å². The van der Waals surface area contributed by atoms with E-state index < -0.39 is 0 Å². The van der Waals surface area contributed by atoms with Crippen molar-refractivity contribution in [3.8, 4) is 0 Å². The Hall–Kier alpha value is -1.92. The Bertz CT molecular complexity index is 916. The SMILES string of the molecule is Cc1nc(SCC(=O)N[C@@H](C)c2ccccc2Br)c2ccccc2n1. The number of aromatic nitrogens is 2. The van der Waals surface area contributed by atoms with Crippen LogP contribution in [0.2, 0.25) is 0 Å². The smallest absolute Gasteiger partial charge is 0.230 e. The van der Waals surface area contributed by atoms with Gasteiger partial charge in [0, 0.05) is 9.86 Å². The van der Waals surface area contributed by atoms with Gasteiger partial charge in [-0.25, -0.2) is 9.97 Å². The third-order valence-corrected chi connectivity index (χ3v) is 5.48. The molecular formula is C19H18BrN3OS. The van der Waals surface area contributed by atoms with E-state index in [0.717, 1.165) is 26.0 Å². The number of hydrogen-bond acceptors (Lipinski definition) is 4. The van der Waals surface area contributed by atoms with Gasteiger partial charge in [0.2, 0.25) is 5.91 Å². The third-order valence-electron chi connectivity index (χ3n) is 3.77. The van der Waals surface area contributed by atoms with Gasteiger partial charge in [-0.2, -0.15) is 0 Å². The van der Waals surface area contributed by atoms with Crippen molar-refractivity contribution in [1.82, 2.24) is 15.3 Å². The van der Waals surface area contributed by atoms with Gasteiger partial charge in [0.15, 0.2) is 0 Å². The first-order valence-corrected chi connectivity index (χ1v) is 9.72. The maximum atomic E-state index is 12.3. The lowest BCUT2D eigenvalue weighted by atomic mass is 10.1. The van der Waals surface area contributed by atoms with E-state index in [1.807, 2.05) is 62.4 Å². The Morgan fingerprint density at radius 2 is 1.88 bits per heavy atom. The quantitative estimate of drug-likeness (QED) is 0.485. The van der Waals surface area contributed by atoms with E-state index >= 15 is 0 Å². The molecule has 6 heteroatoms. The highest BCUT2D eigenvalue weighted by Gasteiger charge is 2.13. The first kappa shape index (κ1) is 17.9. The molecule has 3 aromatic rings. The van der Waals surface area contributed by atoms with Crippen molar-refractivity contribution in [2.45, 2.75) is 24.9 Å². The number of amides is 1. The average molecular weight is 416 g/mol. The highest BCUT2D eigenvalue weighted by Crippen LogP contribution is 2.26. The first-order chi connectivity index (χ1) is 12.0. The van der Waals surface area contributed by atoms with Gasteiger partial charge in [-0.05, 0) is 31.5 Å². The Labute approximate surface area is 159 Å². The van der Waals surface area contributed by atoms with E-state index in [0.29, 0.717) is 11.6 Å². The molecule has 0 spiro atoms. The van der Waals surface area contributed by atoms with E-state index in [4.69, 9.17) is 0 Å². The number of rotatable bonds is 5. The number of nitrogens with one attached hydrogen (secondary N) is 1. The Kier molecular flexibility index (Phi) is 5.71. The van der Waals surface area contributed by atoms with Crippen LogP contribution in [0.4, 0.5) is 0 Å². The largest absolute Gasteiger partial charge is 0.349 e. The number of aryl methyl sites for hydroxylation is 1. The van der Waals surface area contributed by atoms with Crippen molar-refractivity contribution in [1.29, 1.82) is 0 Å². The Balaban J connectivity index is 1.68. The maximum Gasteiger partial charge on any atom is 0.230 e. The van der Waals surface area contributed by atoms with Crippen LogP contribution < -0.4 is 5.32 Å². The van der Waals surface area contributed by atoms with Gasteiger partial charge in [0.25, 0.3) is 0 Å². The molecule has 0 aliphatic rings. The zero-order valence-corrected chi connectivity index (χ0v) is 16.4. The monoisotopic (exact) mass is 415 g/mol. The molecule has 1 atom stereocenters. The molecule has 4 nitrogen and oxygen atoms in total. The Morgan fingerprint density at radius 3 is 2.68 bits per heavy atom. The second-order valence-corrected chi connectivity index (χ2v) is 7.51. The average Bonchev–Trinajstić information content (AvgIpc) is 2.59. The summed E-state index contributed by atoms with van der Waals surface area (Å²) in [4.78, 5) is 21.3. The lowest BCUT2D eigenvalue weighted by Gasteiger charge is -2.15. The van der Waals surface area contributed by atoms with Gasteiger partial charge in [0.1, 0.15) is 10.9 Å². The van der Waals surface area contributed by atoms with Gasteiger partial charge in [0.05, 0.1) is 17.3 Å². The van der Waals surface area contributed by atoms with Gasteiger partial charge in [-0.3, -0.25) is 4.79 Å². The predicted octanol–water partition coefficient (Wildman–Crippen LogP) is 4.67. The molecular weight excluding hydrogens is 398 g/mol. The van der Waals surface area contributed by atoms with Crippen LogP contribution in [0.1, 0.15) is 24.4 Å². The summed E-state index contributed by atoms with van der Waals surface area (Å²) in [6.07, 6.45) is 0. The molecule has 0 aliphatic heterocycles. The van der Waals surface area contributed by atoms with E-state index in [-0.39, 0.29) is 11.9 Å². The number of thioether (sulfide) groups is 1. The molecule has 1 amide bonds. The second kappa shape index (κ2) is 7.97. The molecule has 128 valence electrons. The van der Waals surface area contributed by atoms with Crippen molar-refractivity contribution < 1.29 is 4.79 Å².